The molecule has 6 nitrogen and oxygen atoms in total. The standard InChI is InChI=1S/C18H15ClN2O4S2/c1-24-15-6-3-10(9-20-15)13-8-16(26-17(13)19)27-21-11-4-5-12(14(22)7-11)18(23)25-2/h3-9,21-22H,1-2H3. The second-order valence-corrected chi connectivity index (χ2v) is 8.03. The number of ether oxygens (including phenoxy) is 2. The Hall–Kier alpha value is -2.42. The number of carbonyl (C=O) groups is 1. The fraction of sp³-hybridized carbons (Fsp3) is 0.111. The quantitative estimate of drug-likeness (QED) is 0.423. The van der Waals surface area contributed by atoms with Crippen molar-refractivity contribution in [3.63, 3.8) is 0 Å². The Balaban J connectivity index is 1.72. The average molecular weight is 423 g/mol. The molecule has 0 aliphatic carbocycles. The van der Waals surface area contributed by atoms with E-state index in [2.05, 4.69) is 14.4 Å². The largest absolute Gasteiger partial charge is 0.507 e. The third-order valence-corrected chi connectivity index (χ3v) is 5.90. The molecule has 0 unspecified atom stereocenters. The molecule has 9 heteroatoms. The molecule has 3 rings (SSSR count). The second kappa shape index (κ2) is 8.51. The summed E-state index contributed by atoms with van der Waals surface area (Å²) in [5.41, 5.74) is 2.53. The molecule has 27 heavy (non-hydrogen) atoms. The minimum absolute atomic E-state index is 0.113. The van der Waals surface area contributed by atoms with Gasteiger partial charge in [0.25, 0.3) is 0 Å². The lowest BCUT2D eigenvalue weighted by Crippen LogP contribution is -2.01. The van der Waals surface area contributed by atoms with Crippen molar-refractivity contribution < 1.29 is 19.4 Å². The highest BCUT2D eigenvalue weighted by Gasteiger charge is 2.13. The Bertz CT molecular complexity index is 960. The number of aromatic hydroxyl groups is 1. The molecule has 0 amide bonds. The number of thiophene rings is 1. The van der Waals surface area contributed by atoms with Crippen LogP contribution < -0.4 is 9.46 Å². The van der Waals surface area contributed by atoms with Gasteiger partial charge in [0.05, 0.1) is 18.4 Å². The minimum Gasteiger partial charge on any atom is -0.507 e. The van der Waals surface area contributed by atoms with E-state index in [0.717, 1.165) is 15.3 Å². The van der Waals surface area contributed by atoms with E-state index in [-0.39, 0.29) is 11.3 Å². The molecule has 3 aromatic rings. The lowest BCUT2D eigenvalue weighted by Gasteiger charge is -2.07. The van der Waals surface area contributed by atoms with Crippen LogP contribution in [0.15, 0.2) is 46.8 Å². The van der Waals surface area contributed by atoms with Crippen LogP contribution in [0.4, 0.5) is 5.69 Å². The summed E-state index contributed by atoms with van der Waals surface area (Å²) in [4.78, 5) is 15.7. The first-order valence-electron chi connectivity index (χ1n) is 7.65. The predicted octanol–water partition coefficient (Wildman–Crippen LogP) is 5.08. The average Bonchev–Trinajstić information content (AvgIpc) is 3.06. The number of methoxy groups -OCH3 is 2. The van der Waals surface area contributed by atoms with Crippen LogP contribution in [0.25, 0.3) is 11.1 Å². The highest BCUT2D eigenvalue weighted by atomic mass is 35.5. The third-order valence-electron chi connectivity index (χ3n) is 3.59. The van der Waals surface area contributed by atoms with E-state index in [1.54, 1.807) is 25.4 Å². The van der Waals surface area contributed by atoms with Gasteiger partial charge in [0.15, 0.2) is 0 Å². The number of rotatable bonds is 6. The van der Waals surface area contributed by atoms with Gasteiger partial charge in [-0.15, -0.1) is 11.3 Å². The number of nitrogens with one attached hydrogen (secondary N) is 1. The number of carbonyl (C=O) groups excluding carboxylic acids is 1. The van der Waals surface area contributed by atoms with E-state index in [0.29, 0.717) is 15.9 Å². The fourth-order valence-electron chi connectivity index (χ4n) is 2.24. The van der Waals surface area contributed by atoms with Gasteiger partial charge in [-0.2, -0.15) is 0 Å². The molecule has 140 valence electrons. The SMILES string of the molecule is COC(=O)c1ccc(NSc2cc(-c3ccc(OC)nc3)c(Cl)s2)cc1O. The van der Waals surface area contributed by atoms with Crippen molar-refractivity contribution in [2.24, 2.45) is 0 Å². The zero-order valence-electron chi connectivity index (χ0n) is 14.4. The molecule has 0 aliphatic rings. The summed E-state index contributed by atoms with van der Waals surface area (Å²) in [5.74, 6) is -0.201. The summed E-state index contributed by atoms with van der Waals surface area (Å²) in [6.45, 7) is 0. The first-order chi connectivity index (χ1) is 13.0. The molecule has 0 fully saturated rings. The Kier molecular flexibility index (Phi) is 6.10. The van der Waals surface area contributed by atoms with Gasteiger partial charge in [0.1, 0.15) is 15.6 Å². The smallest absolute Gasteiger partial charge is 0.341 e. The maximum absolute atomic E-state index is 11.5. The molecule has 2 heterocycles. The highest BCUT2D eigenvalue weighted by Crippen LogP contribution is 2.40. The van der Waals surface area contributed by atoms with Gasteiger partial charge in [-0.05, 0) is 36.2 Å². The van der Waals surface area contributed by atoms with Crippen molar-refractivity contribution >= 4 is 46.5 Å². The zero-order chi connectivity index (χ0) is 19.4. The monoisotopic (exact) mass is 422 g/mol. The van der Waals surface area contributed by atoms with Crippen molar-refractivity contribution in [2.75, 3.05) is 18.9 Å². The van der Waals surface area contributed by atoms with Gasteiger partial charge in [-0.1, -0.05) is 11.6 Å². The number of hydrogen-bond donors (Lipinski definition) is 2. The third kappa shape index (κ3) is 4.47. The fourth-order valence-corrected chi connectivity index (χ4v) is 4.50. The van der Waals surface area contributed by atoms with Crippen molar-refractivity contribution in [2.45, 2.75) is 4.21 Å². The van der Waals surface area contributed by atoms with Crippen LogP contribution in [0, 0.1) is 0 Å². The van der Waals surface area contributed by atoms with Crippen LogP contribution in [-0.4, -0.2) is 30.3 Å². The number of pyridine rings is 1. The minimum atomic E-state index is -0.588. The van der Waals surface area contributed by atoms with E-state index in [9.17, 15) is 9.90 Å². The maximum atomic E-state index is 11.5. The molecule has 1 aromatic carbocycles. The van der Waals surface area contributed by atoms with Crippen molar-refractivity contribution in [1.82, 2.24) is 4.98 Å². The number of benzene rings is 1. The molecule has 0 aliphatic heterocycles. The first-order valence-corrected chi connectivity index (χ1v) is 9.67. The van der Waals surface area contributed by atoms with Gasteiger partial charge in [0, 0.05) is 35.1 Å². The number of aromatic nitrogens is 1. The van der Waals surface area contributed by atoms with Crippen molar-refractivity contribution in [3.8, 4) is 22.8 Å². The zero-order valence-corrected chi connectivity index (χ0v) is 16.7. The van der Waals surface area contributed by atoms with E-state index in [1.807, 2.05) is 12.1 Å². The van der Waals surface area contributed by atoms with E-state index in [4.69, 9.17) is 16.3 Å². The number of esters is 1. The van der Waals surface area contributed by atoms with Crippen LogP contribution in [0.2, 0.25) is 4.34 Å². The lowest BCUT2D eigenvalue weighted by atomic mass is 10.1. The van der Waals surface area contributed by atoms with Gasteiger partial charge in [-0.3, -0.25) is 0 Å². The van der Waals surface area contributed by atoms with E-state index >= 15 is 0 Å². The molecular formula is C18H15ClN2O4S2. The normalized spacial score (nSPS) is 10.5. The van der Waals surface area contributed by atoms with Crippen molar-refractivity contribution in [3.05, 3.63) is 52.5 Å². The van der Waals surface area contributed by atoms with Gasteiger partial charge < -0.3 is 19.3 Å². The summed E-state index contributed by atoms with van der Waals surface area (Å²) < 4.78 is 14.4. The summed E-state index contributed by atoms with van der Waals surface area (Å²) in [6.07, 6.45) is 1.71. The van der Waals surface area contributed by atoms with E-state index < -0.39 is 5.97 Å². The number of phenolic OH excluding ortho intramolecular Hbond substituents is 1. The number of hydrogen-bond acceptors (Lipinski definition) is 8. The maximum Gasteiger partial charge on any atom is 0.341 e. The predicted molar refractivity (Wildman–Crippen MR) is 108 cm³/mol. The molecule has 0 saturated carbocycles. The molecule has 0 spiro atoms. The number of phenols is 1. The van der Waals surface area contributed by atoms with Gasteiger partial charge >= 0.3 is 5.97 Å². The summed E-state index contributed by atoms with van der Waals surface area (Å²) in [7, 11) is 2.83. The Morgan fingerprint density at radius 1 is 1.26 bits per heavy atom. The number of halogens is 1. The van der Waals surface area contributed by atoms with Gasteiger partial charge in [0.2, 0.25) is 5.88 Å². The first kappa shape index (κ1) is 19.3. The topological polar surface area (TPSA) is 80.7 Å². The Morgan fingerprint density at radius 3 is 2.70 bits per heavy atom. The summed E-state index contributed by atoms with van der Waals surface area (Å²) >= 11 is 9.13. The van der Waals surface area contributed by atoms with E-state index in [1.165, 1.54) is 42.5 Å². The van der Waals surface area contributed by atoms with Crippen LogP contribution in [-0.2, 0) is 4.74 Å². The van der Waals surface area contributed by atoms with Crippen LogP contribution >= 0.6 is 34.9 Å². The number of anilines is 1. The molecule has 0 saturated heterocycles. The highest BCUT2D eigenvalue weighted by molar-refractivity contribution is 8.02. The molecular weight excluding hydrogens is 408 g/mol. The molecule has 0 atom stereocenters. The molecule has 0 bridgehead atoms. The second-order valence-electron chi connectivity index (χ2n) is 5.27. The van der Waals surface area contributed by atoms with Crippen LogP contribution in [0.3, 0.4) is 0 Å². The Morgan fingerprint density at radius 2 is 2.07 bits per heavy atom. The summed E-state index contributed by atoms with van der Waals surface area (Å²) in [6, 6.07) is 10.3. The Labute approximate surface area is 169 Å². The number of nitrogens with zero attached hydrogens (tertiary/aromatic N) is 1. The van der Waals surface area contributed by atoms with Crippen molar-refractivity contribution in [1.29, 1.82) is 0 Å². The van der Waals surface area contributed by atoms with Crippen LogP contribution in [0.5, 0.6) is 11.6 Å². The molecule has 2 aromatic heterocycles. The lowest BCUT2D eigenvalue weighted by molar-refractivity contribution is 0.0597. The summed E-state index contributed by atoms with van der Waals surface area (Å²) in [5, 5.41) is 9.94. The van der Waals surface area contributed by atoms with Gasteiger partial charge in [-0.25, -0.2) is 9.78 Å². The van der Waals surface area contributed by atoms with Crippen LogP contribution in [0.1, 0.15) is 10.4 Å². The molecule has 0 radical (unpaired) electrons. The molecule has 2 N–H and O–H groups in total.